The topological polar surface area (TPSA) is 49.3 Å². The molecule has 4 heteroatoms. The highest BCUT2D eigenvalue weighted by Crippen LogP contribution is 2.17. The number of hydrogen-bond acceptors (Lipinski definition) is 2. The molecule has 2 N–H and O–H groups in total. The van der Waals surface area contributed by atoms with Crippen LogP contribution in [0.3, 0.4) is 0 Å². The molecule has 0 saturated heterocycles. The van der Waals surface area contributed by atoms with E-state index in [1.165, 1.54) is 12.8 Å². The summed E-state index contributed by atoms with van der Waals surface area (Å²) in [4.78, 5) is 10.6. The minimum Gasteiger partial charge on any atom is -0.382 e. The number of carbonyl (C=O) groups is 1. The molecule has 0 fully saturated rings. The van der Waals surface area contributed by atoms with E-state index in [4.69, 9.17) is 0 Å². The van der Waals surface area contributed by atoms with Crippen LogP contribution in [-0.2, 0) is 4.79 Å². The fourth-order valence-corrected chi connectivity index (χ4v) is 1.71. The summed E-state index contributed by atoms with van der Waals surface area (Å²) in [6.07, 6.45) is 5.66. The zero-order chi connectivity index (χ0) is 11.7. The third-order valence-corrected chi connectivity index (χ3v) is 3.66. The predicted molar refractivity (Wildman–Crippen MR) is 71.0 cm³/mol. The predicted octanol–water partition coefficient (Wildman–Crippen LogP) is 2.46. The largest absolute Gasteiger partial charge is 0.382 e. The van der Waals surface area contributed by atoms with Gasteiger partial charge in [0.2, 0.25) is 5.91 Å². The lowest BCUT2D eigenvalue weighted by Gasteiger charge is -2.12. The summed E-state index contributed by atoms with van der Waals surface area (Å²) in [5.41, 5.74) is 0. The quantitative estimate of drug-likeness (QED) is 0.409. The van der Waals surface area contributed by atoms with Crippen molar-refractivity contribution in [2.24, 2.45) is 5.92 Å². The Hall–Kier alpha value is 0.160. The zero-order valence-corrected chi connectivity index (χ0v) is 11.8. The van der Waals surface area contributed by atoms with Crippen LogP contribution >= 0.6 is 22.6 Å². The van der Waals surface area contributed by atoms with Crippen molar-refractivity contribution in [3.8, 4) is 0 Å². The van der Waals surface area contributed by atoms with E-state index in [0.717, 1.165) is 25.8 Å². The Morgan fingerprint density at radius 3 is 2.47 bits per heavy atom. The van der Waals surface area contributed by atoms with Crippen LogP contribution in [0.5, 0.6) is 0 Å². The normalized spacial score (nSPS) is 14.7. The Morgan fingerprint density at radius 2 is 1.93 bits per heavy atom. The average molecular weight is 327 g/mol. The van der Waals surface area contributed by atoms with Crippen LogP contribution in [0.4, 0.5) is 0 Å². The summed E-state index contributed by atoms with van der Waals surface area (Å²) in [6.45, 7) is 4.41. The first-order chi connectivity index (χ1) is 7.04. The highest BCUT2D eigenvalue weighted by Gasteiger charge is 2.08. The van der Waals surface area contributed by atoms with Crippen LogP contribution in [0.25, 0.3) is 0 Å². The van der Waals surface area contributed by atoms with Crippen LogP contribution in [-0.4, -0.2) is 21.7 Å². The molecule has 0 saturated carbocycles. The van der Waals surface area contributed by atoms with Gasteiger partial charge in [-0.1, -0.05) is 48.8 Å². The summed E-state index contributed by atoms with van der Waals surface area (Å²) < 4.78 is -0.220. The monoisotopic (exact) mass is 327 g/mol. The van der Waals surface area contributed by atoms with Gasteiger partial charge in [-0.2, -0.15) is 0 Å². The molecule has 0 aliphatic carbocycles. The molecule has 0 aliphatic rings. The molecule has 3 nitrogen and oxygen atoms in total. The van der Waals surface area contributed by atoms with Crippen molar-refractivity contribution in [1.29, 1.82) is 0 Å². The highest BCUT2D eigenvalue weighted by molar-refractivity contribution is 14.1. The first-order valence-electron chi connectivity index (χ1n) is 5.60. The van der Waals surface area contributed by atoms with Crippen molar-refractivity contribution in [3.63, 3.8) is 0 Å². The Labute approximate surface area is 106 Å². The first-order valence-corrected chi connectivity index (χ1v) is 6.85. The van der Waals surface area contributed by atoms with Crippen LogP contribution < -0.4 is 5.32 Å². The number of unbranched alkanes of at least 4 members (excludes halogenated alkanes) is 3. The lowest BCUT2D eigenvalue weighted by molar-refractivity contribution is -0.118. The van der Waals surface area contributed by atoms with E-state index >= 15 is 0 Å². The number of amides is 1. The van der Waals surface area contributed by atoms with Crippen molar-refractivity contribution in [2.45, 2.75) is 50.1 Å². The maximum atomic E-state index is 10.6. The number of carbonyl (C=O) groups excluding carboxylic acids is 1. The van der Waals surface area contributed by atoms with Gasteiger partial charge >= 0.3 is 0 Å². The van der Waals surface area contributed by atoms with Crippen molar-refractivity contribution < 1.29 is 9.90 Å². The minimum atomic E-state index is -0.220. The standard InChI is InChI=1S/C11H22INO2/c1-9(11(12)15)7-5-3-4-6-8-13-10(2)14/h9,11,15H,3-8H2,1-2H3,(H,13,14)/t9-,11-/m1/s1. The van der Waals surface area contributed by atoms with E-state index in [0.29, 0.717) is 5.92 Å². The van der Waals surface area contributed by atoms with Crippen LogP contribution in [0, 0.1) is 5.92 Å². The lowest BCUT2D eigenvalue weighted by atomic mass is 10.0. The maximum Gasteiger partial charge on any atom is 0.216 e. The van der Waals surface area contributed by atoms with E-state index in [1.54, 1.807) is 6.92 Å². The summed E-state index contributed by atoms with van der Waals surface area (Å²) in [5.74, 6) is 0.442. The van der Waals surface area contributed by atoms with Crippen molar-refractivity contribution in [2.75, 3.05) is 6.54 Å². The molecule has 0 unspecified atom stereocenters. The first kappa shape index (κ1) is 15.2. The average Bonchev–Trinajstić information content (AvgIpc) is 2.15. The van der Waals surface area contributed by atoms with Crippen LogP contribution in [0.2, 0.25) is 0 Å². The van der Waals surface area contributed by atoms with Crippen LogP contribution in [0.15, 0.2) is 0 Å². The van der Waals surface area contributed by atoms with Gasteiger partial charge in [0, 0.05) is 13.5 Å². The second kappa shape index (κ2) is 9.39. The Morgan fingerprint density at radius 1 is 1.33 bits per heavy atom. The summed E-state index contributed by atoms with van der Waals surface area (Å²) >= 11 is 2.06. The number of halogens is 1. The highest BCUT2D eigenvalue weighted by atomic mass is 127. The summed E-state index contributed by atoms with van der Waals surface area (Å²) in [6, 6.07) is 0. The van der Waals surface area contributed by atoms with E-state index in [9.17, 15) is 9.90 Å². The van der Waals surface area contributed by atoms with Gasteiger partial charge < -0.3 is 10.4 Å². The van der Waals surface area contributed by atoms with Crippen molar-refractivity contribution >= 4 is 28.5 Å². The summed E-state index contributed by atoms with van der Waals surface area (Å²) in [5, 5.41) is 12.0. The number of nitrogens with one attached hydrogen (secondary N) is 1. The van der Waals surface area contributed by atoms with Gasteiger partial charge in [0.05, 0.1) is 0 Å². The van der Waals surface area contributed by atoms with Gasteiger partial charge in [-0.25, -0.2) is 0 Å². The molecule has 0 radical (unpaired) electrons. The van der Waals surface area contributed by atoms with Crippen molar-refractivity contribution in [3.05, 3.63) is 0 Å². The van der Waals surface area contributed by atoms with Gasteiger partial charge in [-0.05, 0) is 18.8 Å². The lowest BCUT2D eigenvalue weighted by Crippen LogP contribution is -2.20. The number of hydrogen-bond donors (Lipinski definition) is 2. The SMILES string of the molecule is CC(=O)NCCCCCC[C@@H](C)[C@@H](O)I. The van der Waals surface area contributed by atoms with E-state index in [-0.39, 0.29) is 10.0 Å². The molecule has 0 aromatic carbocycles. The molecule has 0 spiro atoms. The summed E-state index contributed by atoms with van der Waals surface area (Å²) in [7, 11) is 0. The van der Waals surface area contributed by atoms with Gasteiger partial charge in [-0.15, -0.1) is 0 Å². The van der Waals surface area contributed by atoms with Gasteiger partial charge in [0.15, 0.2) is 0 Å². The van der Waals surface area contributed by atoms with E-state index in [2.05, 4.69) is 34.8 Å². The Balaban J connectivity index is 3.15. The van der Waals surface area contributed by atoms with E-state index < -0.39 is 0 Å². The van der Waals surface area contributed by atoms with E-state index in [1.807, 2.05) is 0 Å². The zero-order valence-electron chi connectivity index (χ0n) is 9.63. The third-order valence-electron chi connectivity index (χ3n) is 2.43. The Bertz CT molecular complexity index is 174. The van der Waals surface area contributed by atoms with Crippen molar-refractivity contribution in [1.82, 2.24) is 5.32 Å². The molecule has 2 atom stereocenters. The minimum absolute atomic E-state index is 0.0525. The molecule has 0 bridgehead atoms. The fourth-order valence-electron chi connectivity index (χ4n) is 1.35. The van der Waals surface area contributed by atoms with Gasteiger partial charge in [-0.3, -0.25) is 4.79 Å². The third kappa shape index (κ3) is 10.4. The molecule has 15 heavy (non-hydrogen) atoms. The Kier molecular flexibility index (Phi) is 9.49. The number of aliphatic hydroxyl groups excluding tert-OH is 1. The number of aliphatic hydroxyl groups is 1. The molecular formula is C11H22INO2. The maximum absolute atomic E-state index is 10.6. The molecule has 0 aromatic heterocycles. The van der Waals surface area contributed by atoms with Gasteiger partial charge in [0.1, 0.15) is 4.11 Å². The molecule has 0 aliphatic heterocycles. The van der Waals surface area contributed by atoms with Gasteiger partial charge in [0.25, 0.3) is 0 Å². The molecule has 0 aromatic rings. The molecule has 0 rings (SSSR count). The number of alkyl halides is 1. The van der Waals surface area contributed by atoms with Crippen LogP contribution in [0.1, 0.15) is 46.0 Å². The second-order valence-corrected chi connectivity index (χ2v) is 5.31. The molecule has 0 heterocycles. The second-order valence-electron chi connectivity index (χ2n) is 4.04. The smallest absolute Gasteiger partial charge is 0.216 e. The molecule has 90 valence electrons. The number of rotatable bonds is 8. The molecule has 1 amide bonds. The molecular weight excluding hydrogens is 305 g/mol. The fraction of sp³-hybridized carbons (Fsp3) is 0.909.